The molecule has 110 valence electrons. The van der Waals surface area contributed by atoms with Gasteiger partial charge in [-0.1, -0.05) is 12.1 Å². The van der Waals surface area contributed by atoms with E-state index in [0.717, 1.165) is 22.0 Å². The second-order valence-electron chi connectivity index (χ2n) is 4.90. The summed E-state index contributed by atoms with van der Waals surface area (Å²) in [7, 11) is 0. The molecular weight excluding hydrogens is 286 g/mol. The Hall–Kier alpha value is -1.76. The van der Waals surface area contributed by atoms with Crippen molar-refractivity contribution in [3.8, 4) is 11.3 Å². The lowest BCUT2D eigenvalue weighted by Gasteiger charge is -2.22. The van der Waals surface area contributed by atoms with Gasteiger partial charge in [0.1, 0.15) is 6.04 Å². The van der Waals surface area contributed by atoms with Crippen LogP contribution in [0.4, 0.5) is 5.69 Å². The summed E-state index contributed by atoms with van der Waals surface area (Å²) in [6.45, 7) is 3.75. The molecule has 2 aromatic rings. The molecule has 1 amide bonds. The van der Waals surface area contributed by atoms with Crippen LogP contribution in [0, 0.1) is 6.92 Å². The van der Waals surface area contributed by atoms with E-state index in [1.165, 1.54) is 0 Å². The van der Waals surface area contributed by atoms with E-state index in [1.807, 2.05) is 36.6 Å². The number of hydrogen-bond donors (Lipinski definition) is 2. The largest absolute Gasteiger partial charge is 0.378 e. The van der Waals surface area contributed by atoms with E-state index < -0.39 is 0 Å². The maximum atomic E-state index is 12.2. The minimum Gasteiger partial charge on any atom is -0.378 e. The van der Waals surface area contributed by atoms with Crippen LogP contribution >= 0.6 is 11.3 Å². The van der Waals surface area contributed by atoms with Gasteiger partial charge in [-0.15, -0.1) is 11.3 Å². The summed E-state index contributed by atoms with van der Waals surface area (Å²) in [5.41, 5.74) is 2.72. The number of aryl methyl sites for hydroxylation is 1. The molecule has 1 atom stereocenters. The van der Waals surface area contributed by atoms with Gasteiger partial charge in [0.25, 0.3) is 0 Å². The smallest absolute Gasteiger partial charge is 0.243 e. The summed E-state index contributed by atoms with van der Waals surface area (Å²) in [6, 6.07) is 7.45. The van der Waals surface area contributed by atoms with Crippen molar-refractivity contribution in [3.63, 3.8) is 0 Å². The summed E-state index contributed by atoms with van der Waals surface area (Å²) in [4.78, 5) is 16.6. The van der Waals surface area contributed by atoms with E-state index in [1.54, 1.807) is 11.3 Å². The van der Waals surface area contributed by atoms with Gasteiger partial charge in [-0.25, -0.2) is 4.98 Å². The standard InChI is InChI=1S/C15H17N3O2S/c1-10-17-14(9-21-10)11-3-2-4-12(7-11)18-15(19)13-8-20-6-5-16-13/h2-4,7,9,13,16H,5-6,8H2,1H3,(H,18,19). The highest BCUT2D eigenvalue weighted by Crippen LogP contribution is 2.24. The van der Waals surface area contributed by atoms with Gasteiger partial charge in [-0.3, -0.25) is 4.79 Å². The first-order valence-corrected chi connectivity index (χ1v) is 7.75. The molecule has 2 heterocycles. The molecule has 21 heavy (non-hydrogen) atoms. The Labute approximate surface area is 127 Å². The Morgan fingerprint density at radius 2 is 2.43 bits per heavy atom. The van der Waals surface area contributed by atoms with E-state index in [4.69, 9.17) is 4.74 Å². The van der Waals surface area contributed by atoms with Crippen LogP contribution in [0.25, 0.3) is 11.3 Å². The molecule has 1 aromatic carbocycles. The number of ether oxygens (including phenoxy) is 1. The van der Waals surface area contributed by atoms with Gasteiger partial charge in [0.05, 0.1) is 23.9 Å². The Morgan fingerprint density at radius 1 is 1.52 bits per heavy atom. The summed E-state index contributed by atoms with van der Waals surface area (Å²) < 4.78 is 5.30. The van der Waals surface area contributed by atoms with Crippen LogP contribution in [-0.2, 0) is 9.53 Å². The molecule has 1 unspecified atom stereocenters. The number of anilines is 1. The van der Waals surface area contributed by atoms with Gasteiger partial charge in [0.2, 0.25) is 5.91 Å². The fourth-order valence-corrected chi connectivity index (χ4v) is 2.84. The lowest BCUT2D eigenvalue weighted by atomic mass is 10.1. The molecule has 0 spiro atoms. The van der Waals surface area contributed by atoms with Crippen LogP contribution in [0.1, 0.15) is 5.01 Å². The van der Waals surface area contributed by atoms with Crippen molar-refractivity contribution in [2.75, 3.05) is 25.1 Å². The first-order valence-electron chi connectivity index (χ1n) is 6.87. The number of hydrogen-bond acceptors (Lipinski definition) is 5. The lowest BCUT2D eigenvalue weighted by Crippen LogP contribution is -2.48. The maximum absolute atomic E-state index is 12.2. The fourth-order valence-electron chi connectivity index (χ4n) is 2.22. The van der Waals surface area contributed by atoms with Crippen molar-refractivity contribution in [2.45, 2.75) is 13.0 Å². The Balaban J connectivity index is 1.72. The quantitative estimate of drug-likeness (QED) is 0.911. The summed E-state index contributed by atoms with van der Waals surface area (Å²) in [5.74, 6) is -0.0682. The number of aromatic nitrogens is 1. The van der Waals surface area contributed by atoms with E-state index in [0.29, 0.717) is 19.8 Å². The Morgan fingerprint density at radius 3 is 3.14 bits per heavy atom. The van der Waals surface area contributed by atoms with Crippen LogP contribution in [0.2, 0.25) is 0 Å². The van der Waals surface area contributed by atoms with Crippen molar-refractivity contribution >= 4 is 22.9 Å². The summed E-state index contributed by atoms with van der Waals surface area (Å²) >= 11 is 1.62. The van der Waals surface area contributed by atoms with E-state index in [-0.39, 0.29) is 11.9 Å². The van der Waals surface area contributed by atoms with Gasteiger partial charge < -0.3 is 15.4 Å². The fraction of sp³-hybridized carbons (Fsp3) is 0.333. The number of rotatable bonds is 3. The summed E-state index contributed by atoms with van der Waals surface area (Å²) in [5, 5.41) is 9.11. The van der Waals surface area contributed by atoms with E-state index >= 15 is 0 Å². The third kappa shape index (κ3) is 3.47. The predicted molar refractivity (Wildman–Crippen MR) is 83.5 cm³/mol. The number of benzene rings is 1. The third-order valence-corrected chi connectivity index (χ3v) is 4.06. The van der Waals surface area contributed by atoms with Gasteiger partial charge >= 0.3 is 0 Å². The number of nitrogens with zero attached hydrogens (tertiary/aromatic N) is 1. The molecule has 0 aliphatic carbocycles. The molecule has 5 nitrogen and oxygen atoms in total. The average molecular weight is 303 g/mol. The van der Waals surface area contributed by atoms with Crippen LogP contribution in [0.3, 0.4) is 0 Å². The van der Waals surface area contributed by atoms with Gasteiger partial charge in [-0.2, -0.15) is 0 Å². The van der Waals surface area contributed by atoms with Crippen LogP contribution < -0.4 is 10.6 Å². The summed E-state index contributed by atoms with van der Waals surface area (Å²) in [6.07, 6.45) is 0. The molecule has 1 saturated heterocycles. The molecule has 0 saturated carbocycles. The monoisotopic (exact) mass is 303 g/mol. The number of carbonyl (C=O) groups excluding carboxylic acids is 1. The number of carbonyl (C=O) groups is 1. The topological polar surface area (TPSA) is 63.2 Å². The minimum absolute atomic E-state index is 0.0682. The first-order chi connectivity index (χ1) is 10.2. The number of nitrogens with one attached hydrogen (secondary N) is 2. The van der Waals surface area contributed by atoms with Gasteiger partial charge in [0.15, 0.2) is 0 Å². The van der Waals surface area contributed by atoms with Crippen LogP contribution in [0.15, 0.2) is 29.6 Å². The number of morpholine rings is 1. The van der Waals surface area contributed by atoms with Crippen molar-refractivity contribution in [1.29, 1.82) is 0 Å². The predicted octanol–water partition coefficient (Wildman–Crippen LogP) is 2.05. The zero-order valence-corrected chi connectivity index (χ0v) is 12.6. The van der Waals surface area contributed by atoms with Crippen LogP contribution in [-0.4, -0.2) is 36.7 Å². The SMILES string of the molecule is Cc1nc(-c2cccc(NC(=O)C3COCCN3)c2)cs1. The molecular formula is C15H17N3O2S. The molecule has 6 heteroatoms. The number of amides is 1. The normalized spacial score (nSPS) is 18.4. The zero-order chi connectivity index (χ0) is 14.7. The second kappa shape index (κ2) is 6.34. The third-order valence-electron chi connectivity index (χ3n) is 3.28. The molecule has 1 aromatic heterocycles. The minimum atomic E-state index is -0.288. The van der Waals surface area contributed by atoms with Crippen LogP contribution in [0.5, 0.6) is 0 Å². The van der Waals surface area contributed by atoms with Crippen molar-refractivity contribution in [2.24, 2.45) is 0 Å². The molecule has 3 rings (SSSR count). The number of thiazole rings is 1. The molecule has 1 aliphatic heterocycles. The lowest BCUT2D eigenvalue weighted by molar-refractivity contribution is -0.120. The Bertz CT molecular complexity index is 635. The van der Waals surface area contributed by atoms with Gasteiger partial charge in [0, 0.05) is 23.2 Å². The van der Waals surface area contributed by atoms with Crippen molar-refractivity contribution < 1.29 is 9.53 Å². The molecule has 2 N–H and O–H groups in total. The maximum Gasteiger partial charge on any atom is 0.243 e. The highest BCUT2D eigenvalue weighted by Gasteiger charge is 2.21. The first kappa shape index (κ1) is 14.2. The van der Waals surface area contributed by atoms with Gasteiger partial charge in [-0.05, 0) is 19.1 Å². The van der Waals surface area contributed by atoms with E-state index in [9.17, 15) is 4.79 Å². The highest BCUT2D eigenvalue weighted by atomic mass is 32.1. The molecule has 1 fully saturated rings. The Kier molecular flexibility index (Phi) is 4.28. The molecule has 0 bridgehead atoms. The average Bonchev–Trinajstić information content (AvgIpc) is 2.95. The van der Waals surface area contributed by atoms with Crippen molar-refractivity contribution in [1.82, 2.24) is 10.3 Å². The van der Waals surface area contributed by atoms with E-state index in [2.05, 4.69) is 15.6 Å². The highest BCUT2D eigenvalue weighted by molar-refractivity contribution is 7.09. The van der Waals surface area contributed by atoms with Crippen molar-refractivity contribution in [3.05, 3.63) is 34.7 Å². The second-order valence-corrected chi connectivity index (χ2v) is 5.97. The molecule has 1 aliphatic rings. The zero-order valence-electron chi connectivity index (χ0n) is 11.8. The molecule has 0 radical (unpaired) electrons.